The van der Waals surface area contributed by atoms with Crippen LogP contribution in [0, 0.1) is 5.92 Å². The third kappa shape index (κ3) is 5.00. The molecule has 2 saturated heterocycles. The highest BCUT2D eigenvalue weighted by Crippen LogP contribution is 2.31. The van der Waals surface area contributed by atoms with Gasteiger partial charge in [-0.3, -0.25) is 15.0 Å². The van der Waals surface area contributed by atoms with E-state index in [0.29, 0.717) is 12.1 Å². The molecule has 2 heterocycles. The summed E-state index contributed by atoms with van der Waals surface area (Å²) >= 11 is 0. The molecule has 1 aromatic rings. The first kappa shape index (κ1) is 19.7. The molecule has 2 fully saturated rings. The summed E-state index contributed by atoms with van der Waals surface area (Å²) in [6, 6.07) is 4.33. The summed E-state index contributed by atoms with van der Waals surface area (Å²) in [6.07, 6.45) is -0.0211. The van der Waals surface area contributed by atoms with Gasteiger partial charge in [-0.15, -0.1) is 0 Å². The minimum absolute atomic E-state index is 0.211. The smallest absolute Gasteiger partial charge is 0.416 e. The number of rotatable bonds is 3. The Kier molecular flexibility index (Phi) is 6.04. The van der Waals surface area contributed by atoms with E-state index in [-0.39, 0.29) is 18.1 Å². The molecular weight excluding hydrogens is 361 g/mol. The van der Waals surface area contributed by atoms with Gasteiger partial charge in [-0.05, 0) is 57.0 Å². The SMILES string of the molecule is O=C(NC(=O)c1cccc(C(F)(F)F)c1)OCC1CCCN2CCCCC12. The number of hydrogen-bond acceptors (Lipinski definition) is 4. The number of fused-ring (bicyclic) bond motifs is 1. The zero-order valence-electron chi connectivity index (χ0n) is 14.9. The number of benzene rings is 1. The van der Waals surface area contributed by atoms with Crippen LogP contribution in [0.5, 0.6) is 0 Å². The average Bonchev–Trinajstić information content (AvgIpc) is 2.65. The van der Waals surface area contributed by atoms with Crippen molar-refractivity contribution in [2.24, 2.45) is 5.92 Å². The Morgan fingerprint density at radius 3 is 2.70 bits per heavy atom. The highest BCUT2D eigenvalue weighted by Gasteiger charge is 2.34. The predicted molar refractivity (Wildman–Crippen MR) is 92.2 cm³/mol. The lowest BCUT2D eigenvalue weighted by Gasteiger charge is -2.44. The Morgan fingerprint density at radius 1 is 1.15 bits per heavy atom. The summed E-state index contributed by atoms with van der Waals surface area (Å²) in [7, 11) is 0. The standard InChI is InChI=1S/C19H23F3N2O3/c20-19(21,22)15-7-3-5-13(11-15)17(25)23-18(26)27-12-14-6-4-10-24-9-2-1-8-16(14)24/h3,5,7,11,14,16H,1-2,4,6,8-10,12H2,(H,23,25,26). The molecule has 0 radical (unpaired) electrons. The normalized spacial score (nSPS) is 23.4. The Balaban J connectivity index is 1.52. The molecule has 0 spiro atoms. The molecule has 2 unspecified atom stereocenters. The van der Waals surface area contributed by atoms with E-state index in [2.05, 4.69) is 4.90 Å². The molecule has 0 aromatic heterocycles. The first-order valence-electron chi connectivity index (χ1n) is 9.24. The second-order valence-electron chi connectivity index (χ2n) is 7.13. The maximum absolute atomic E-state index is 12.7. The van der Waals surface area contributed by atoms with Crippen molar-refractivity contribution in [2.45, 2.75) is 44.3 Å². The fraction of sp³-hybridized carbons (Fsp3) is 0.579. The fourth-order valence-corrected chi connectivity index (χ4v) is 3.99. The number of nitrogens with one attached hydrogen (secondary N) is 1. The van der Waals surface area contributed by atoms with Crippen molar-refractivity contribution in [3.05, 3.63) is 35.4 Å². The topological polar surface area (TPSA) is 58.6 Å². The van der Waals surface area contributed by atoms with Gasteiger partial charge in [0.1, 0.15) is 0 Å². The Bertz CT molecular complexity index is 691. The van der Waals surface area contributed by atoms with Crippen molar-refractivity contribution in [2.75, 3.05) is 19.7 Å². The lowest BCUT2D eigenvalue weighted by Crippen LogP contribution is -2.49. The van der Waals surface area contributed by atoms with Crippen molar-refractivity contribution in [1.29, 1.82) is 0 Å². The van der Waals surface area contributed by atoms with E-state index < -0.39 is 23.7 Å². The monoisotopic (exact) mass is 384 g/mol. The van der Waals surface area contributed by atoms with Gasteiger partial charge >= 0.3 is 12.3 Å². The van der Waals surface area contributed by atoms with E-state index in [0.717, 1.165) is 50.9 Å². The van der Waals surface area contributed by atoms with Gasteiger partial charge in [-0.25, -0.2) is 4.79 Å². The Labute approximate surface area is 155 Å². The summed E-state index contributed by atoms with van der Waals surface area (Å²) < 4.78 is 43.4. The average molecular weight is 384 g/mol. The molecule has 148 valence electrons. The van der Waals surface area contributed by atoms with Crippen molar-refractivity contribution < 1.29 is 27.5 Å². The quantitative estimate of drug-likeness (QED) is 0.860. The highest BCUT2D eigenvalue weighted by atomic mass is 19.4. The minimum atomic E-state index is -4.55. The number of halogens is 3. The fourth-order valence-electron chi connectivity index (χ4n) is 3.99. The molecule has 3 rings (SSSR count). The van der Waals surface area contributed by atoms with Crippen molar-refractivity contribution >= 4 is 12.0 Å². The maximum Gasteiger partial charge on any atom is 0.416 e. The van der Waals surface area contributed by atoms with Gasteiger partial charge in [0, 0.05) is 17.5 Å². The highest BCUT2D eigenvalue weighted by molar-refractivity contribution is 6.02. The zero-order chi connectivity index (χ0) is 19.4. The van der Waals surface area contributed by atoms with Gasteiger partial charge in [0.2, 0.25) is 0 Å². The van der Waals surface area contributed by atoms with Crippen molar-refractivity contribution in [3.63, 3.8) is 0 Å². The molecule has 0 saturated carbocycles. The van der Waals surface area contributed by atoms with E-state index in [9.17, 15) is 22.8 Å². The van der Waals surface area contributed by atoms with Crippen LogP contribution in [0.1, 0.15) is 48.0 Å². The number of imide groups is 1. The van der Waals surface area contributed by atoms with E-state index in [1.54, 1.807) is 0 Å². The number of piperidine rings is 2. The molecule has 27 heavy (non-hydrogen) atoms. The van der Waals surface area contributed by atoms with E-state index >= 15 is 0 Å². The second-order valence-corrected chi connectivity index (χ2v) is 7.13. The number of alkyl carbamates (subject to hydrolysis) is 1. The first-order valence-corrected chi connectivity index (χ1v) is 9.24. The van der Waals surface area contributed by atoms with Crippen LogP contribution in [0.25, 0.3) is 0 Å². The van der Waals surface area contributed by atoms with Crippen LogP contribution >= 0.6 is 0 Å². The summed E-state index contributed by atoms with van der Waals surface area (Å²) in [5.41, 5.74) is -1.18. The Morgan fingerprint density at radius 2 is 1.93 bits per heavy atom. The second kappa shape index (κ2) is 8.29. The lowest BCUT2D eigenvalue weighted by molar-refractivity contribution is -0.137. The molecule has 2 amide bonds. The summed E-state index contributed by atoms with van der Waals surface area (Å²) in [5.74, 6) is -0.678. The molecule has 5 nitrogen and oxygen atoms in total. The number of amides is 2. The van der Waals surface area contributed by atoms with Crippen LogP contribution in [0.2, 0.25) is 0 Å². The third-order valence-corrected chi connectivity index (χ3v) is 5.32. The number of carbonyl (C=O) groups is 2. The molecule has 8 heteroatoms. The molecule has 2 aliphatic heterocycles. The molecule has 2 atom stereocenters. The molecule has 1 N–H and O–H groups in total. The Hall–Kier alpha value is -2.09. The number of alkyl halides is 3. The predicted octanol–water partition coefficient (Wildman–Crippen LogP) is 3.84. The van der Waals surface area contributed by atoms with Crippen LogP contribution in [0.3, 0.4) is 0 Å². The van der Waals surface area contributed by atoms with E-state index in [4.69, 9.17) is 4.74 Å². The summed E-state index contributed by atoms with van der Waals surface area (Å²) in [6.45, 7) is 2.35. The molecule has 2 aliphatic rings. The zero-order valence-corrected chi connectivity index (χ0v) is 14.9. The summed E-state index contributed by atoms with van der Waals surface area (Å²) in [4.78, 5) is 26.4. The van der Waals surface area contributed by atoms with Crippen LogP contribution in [0.4, 0.5) is 18.0 Å². The molecule has 0 bridgehead atoms. The van der Waals surface area contributed by atoms with Gasteiger partial charge < -0.3 is 4.74 Å². The van der Waals surface area contributed by atoms with E-state index in [1.165, 1.54) is 12.5 Å². The lowest BCUT2D eigenvalue weighted by atomic mass is 9.84. The summed E-state index contributed by atoms with van der Waals surface area (Å²) in [5, 5.41) is 2.01. The molecular formula is C19H23F3N2O3. The van der Waals surface area contributed by atoms with Gasteiger partial charge in [-0.1, -0.05) is 12.5 Å². The van der Waals surface area contributed by atoms with Crippen LogP contribution in [-0.4, -0.2) is 42.6 Å². The van der Waals surface area contributed by atoms with Crippen LogP contribution < -0.4 is 5.32 Å². The molecule has 0 aliphatic carbocycles. The maximum atomic E-state index is 12.7. The number of nitrogens with zero attached hydrogens (tertiary/aromatic N) is 1. The number of hydrogen-bond donors (Lipinski definition) is 1. The van der Waals surface area contributed by atoms with Crippen LogP contribution in [-0.2, 0) is 10.9 Å². The van der Waals surface area contributed by atoms with Gasteiger partial charge in [0.05, 0.1) is 12.2 Å². The molecule has 1 aromatic carbocycles. The first-order chi connectivity index (χ1) is 12.8. The number of carbonyl (C=O) groups excluding carboxylic acids is 2. The van der Waals surface area contributed by atoms with Gasteiger partial charge in [0.15, 0.2) is 0 Å². The number of ether oxygens (including phenoxy) is 1. The van der Waals surface area contributed by atoms with Crippen molar-refractivity contribution in [3.8, 4) is 0 Å². The third-order valence-electron chi connectivity index (χ3n) is 5.32. The van der Waals surface area contributed by atoms with Crippen molar-refractivity contribution in [1.82, 2.24) is 10.2 Å². The largest absolute Gasteiger partial charge is 0.449 e. The van der Waals surface area contributed by atoms with Gasteiger partial charge in [0.25, 0.3) is 5.91 Å². The van der Waals surface area contributed by atoms with E-state index in [1.807, 2.05) is 5.32 Å². The van der Waals surface area contributed by atoms with Crippen LogP contribution in [0.15, 0.2) is 24.3 Å². The minimum Gasteiger partial charge on any atom is -0.449 e. The van der Waals surface area contributed by atoms with Gasteiger partial charge in [-0.2, -0.15) is 13.2 Å².